The minimum absolute atomic E-state index is 0.0965. The van der Waals surface area contributed by atoms with Gasteiger partial charge < -0.3 is 26.0 Å². The van der Waals surface area contributed by atoms with Gasteiger partial charge in [-0.1, -0.05) is 55.4 Å². The SMILES string of the molecule is CC(C)(C)OC(=O)NC(C(=O)N1C[C@H]2[C@@H](C1C(=O)NC(C(=O)C(N)=O)C(C)(C)C)C2(C)C)C(C)(C)C. The second-order valence-electron chi connectivity index (χ2n) is 13.9. The highest BCUT2D eigenvalue weighted by Crippen LogP contribution is 2.65. The lowest BCUT2D eigenvalue weighted by atomic mass is 9.83. The second-order valence-corrected chi connectivity index (χ2v) is 13.9. The largest absolute Gasteiger partial charge is 0.444 e. The fourth-order valence-corrected chi connectivity index (χ4v) is 5.10. The number of primary amides is 1. The van der Waals surface area contributed by atoms with Gasteiger partial charge in [0.25, 0.3) is 5.91 Å². The smallest absolute Gasteiger partial charge is 0.408 e. The molecule has 0 bridgehead atoms. The molecule has 1 saturated heterocycles. The molecule has 2 fully saturated rings. The van der Waals surface area contributed by atoms with Crippen molar-refractivity contribution in [3.63, 3.8) is 0 Å². The maximum atomic E-state index is 13.8. The zero-order valence-electron chi connectivity index (χ0n) is 23.6. The van der Waals surface area contributed by atoms with Gasteiger partial charge in [-0.15, -0.1) is 0 Å². The van der Waals surface area contributed by atoms with E-state index in [0.717, 1.165) is 0 Å². The van der Waals surface area contributed by atoms with Crippen LogP contribution in [0.5, 0.6) is 0 Å². The summed E-state index contributed by atoms with van der Waals surface area (Å²) >= 11 is 0. The Kier molecular flexibility index (Phi) is 7.67. The van der Waals surface area contributed by atoms with E-state index in [1.54, 1.807) is 41.5 Å². The van der Waals surface area contributed by atoms with Gasteiger partial charge in [-0.25, -0.2) is 4.79 Å². The molecule has 4 amide bonds. The molecule has 10 nitrogen and oxygen atoms in total. The number of nitrogens with one attached hydrogen (secondary N) is 2. The third-order valence-electron chi connectivity index (χ3n) is 7.19. The molecule has 0 aromatic rings. The van der Waals surface area contributed by atoms with E-state index in [0.29, 0.717) is 6.54 Å². The summed E-state index contributed by atoms with van der Waals surface area (Å²) in [6.45, 7) is 20.3. The molecule has 5 atom stereocenters. The van der Waals surface area contributed by atoms with Crippen molar-refractivity contribution >= 4 is 29.6 Å². The van der Waals surface area contributed by atoms with Crippen molar-refractivity contribution in [2.24, 2.45) is 33.8 Å². The zero-order valence-corrected chi connectivity index (χ0v) is 23.6. The number of carbonyl (C=O) groups excluding carboxylic acids is 5. The summed E-state index contributed by atoms with van der Waals surface area (Å²) in [6, 6.07) is -2.94. The molecule has 3 unspecified atom stereocenters. The molecular formula is C26H44N4O6. The molecule has 204 valence electrons. The van der Waals surface area contributed by atoms with Crippen LogP contribution in [0.4, 0.5) is 4.79 Å². The summed E-state index contributed by atoms with van der Waals surface area (Å²) in [5.41, 5.74) is 2.88. The number of nitrogens with two attached hydrogens (primary N) is 1. The van der Waals surface area contributed by atoms with Crippen LogP contribution in [0.2, 0.25) is 0 Å². The van der Waals surface area contributed by atoms with E-state index < -0.39 is 64.2 Å². The van der Waals surface area contributed by atoms with Crippen LogP contribution in [0.25, 0.3) is 0 Å². The van der Waals surface area contributed by atoms with Crippen molar-refractivity contribution in [2.75, 3.05) is 6.54 Å². The maximum absolute atomic E-state index is 13.8. The van der Waals surface area contributed by atoms with Crippen LogP contribution in [0.3, 0.4) is 0 Å². The van der Waals surface area contributed by atoms with Crippen molar-refractivity contribution in [3.8, 4) is 0 Å². The highest BCUT2D eigenvalue weighted by Gasteiger charge is 2.70. The number of ether oxygens (including phenoxy) is 1. The number of carbonyl (C=O) groups is 5. The number of alkyl carbamates (subject to hydrolysis) is 1. The Morgan fingerprint density at radius 2 is 1.39 bits per heavy atom. The number of piperidine rings is 1. The van der Waals surface area contributed by atoms with Crippen molar-refractivity contribution in [3.05, 3.63) is 0 Å². The number of nitrogens with zero attached hydrogens (tertiary/aromatic N) is 1. The summed E-state index contributed by atoms with van der Waals surface area (Å²) in [4.78, 5) is 65.7. The van der Waals surface area contributed by atoms with E-state index in [9.17, 15) is 24.0 Å². The van der Waals surface area contributed by atoms with Crippen LogP contribution in [0, 0.1) is 28.1 Å². The van der Waals surface area contributed by atoms with E-state index in [2.05, 4.69) is 10.6 Å². The van der Waals surface area contributed by atoms with Crippen LogP contribution >= 0.6 is 0 Å². The highest BCUT2D eigenvalue weighted by atomic mass is 16.6. The average Bonchev–Trinajstić information content (AvgIpc) is 3.01. The first-order valence-electron chi connectivity index (χ1n) is 12.4. The first kappa shape index (κ1) is 29.6. The van der Waals surface area contributed by atoms with Gasteiger partial charge in [0.1, 0.15) is 23.7 Å². The minimum Gasteiger partial charge on any atom is -0.444 e. The monoisotopic (exact) mass is 508 g/mol. The van der Waals surface area contributed by atoms with E-state index >= 15 is 0 Å². The summed E-state index contributed by atoms with van der Waals surface area (Å²) in [5.74, 6) is -2.95. The van der Waals surface area contributed by atoms with Crippen molar-refractivity contribution < 1.29 is 28.7 Å². The van der Waals surface area contributed by atoms with Crippen molar-refractivity contribution in [1.82, 2.24) is 15.5 Å². The Hall–Kier alpha value is -2.65. The third-order valence-corrected chi connectivity index (χ3v) is 7.19. The normalized spacial score (nSPS) is 24.8. The van der Waals surface area contributed by atoms with Gasteiger partial charge in [0.2, 0.25) is 17.6 Å². The van der Waals surface area contributed by atoms with Gasteiger partial charge in [0.15, 0.2) is 0 Å². The Morgan fingerprint density at radius 3 is 1.81 bits per heavy atom. The van der Waals surface area contributed by atoms with Gasteiger partial charge in [0, 0.05) is 6.54 Å². The average molecular weight is 509 g/mol. The molecule has 4 N–H and O–H groups in total. The number of amides is 4. The molecule has 1 saturated carbocycles. The fourth-order valence-electron chi connectivity index (χ4n) is 5.10. The number of rotatable bonds is 6. The molecule has 1 aliphatic heterocycles. The lowest BCUT2D eigenvalue weighted by Gasteiger charge is -2.38. The van der Waals surface area contributed by atoms with Crippen LogP contribution in [0.15, 0.2) is 0 Å². The van der Waals surface area contributed by atoms with Gasteiger partial charge in [0.05, 0.1) is 0 Å². The lowest BCUT2D eigenvalue weighted by Crippen LogP contribution is -2.62. The topological polar surface area (TPSA) is 148 Å². The van der Waals surface area contributed by atoms with E-state index in [1.165, 1.54) is 4.90 Å². The first-order valence-corrected chi connectivity index (χ1v) is 12.4. The molecule has 10 heteroatoms. The Labute approximate surface area is 214 Å². The number of fused-ring (bicyclic) bond motifs is 1. The first-order chi connectivity index (χ1) is 16.0. The number of hydrogen-bond donors (Lipinski definition) is 3. The summed E-state index contributed by atoms with van der Waals surface area (Å²) in [6.07, 6.45) is -0.721. The molecule has 1 heterocycles. The number of Topliss-reactive ketones (excluding diaryl/α,β-unsaturated/α-hetero) is 1. The van der Waals surface area contributed by atoms with E-state index in [4.69, 9.17) is 10.5 Å². The Bertz CT molecular complexity index is 938. The maximum Gasteiger partial charge on any atom is 0.408 e. The molecule has 0 aromatic carbocycles. The Morgan fingerprint density at radius 1 is 0.889 bits per heavy atom. The van der Waals surface area contributed by atoms with Crippen LogP contribution < -0.4 is 16.4 Å². The summed E-state index contributed by atoms with van der Waals surface area (Å²) in [7, 11) is 0. The predicted molar refractivity (Wildman–Crippen MR) is 134 cm³/mol. The summed E-state index contributed by atoms with van der Waals surface area (Å²) in [5, 5.41) is 5.41. The number of likely N-dealkylation sites (tertiary alicyclic amines) is 1. The predicted octanol–water partition coefficient (Wildman–Crippen LogP) is 1.99. The van der Waals surface area contributed by atoms with Crippen LogP contribution in [-0.4, -0.2) is 64.8 Å². The third kappa shape index (κ3) is 6.18. The minimum atomic E-state index is -1.14. The van der Waals surface area contributed by atoms with Crippen molar-refractivity contribution in [2.45, 2.75) is 99.9 Å². The van der Waals surface area contributed by atoms with Crippen molar-refractivity contribution in [1.29, 1.82) is 0 Å². The molecular weight excluding hydrogens is 464 g/mol. The van der Waals surface area contributed by atoms with E-state index in [1.807, 2.05) is 34.6 Å². The van der Waals surface area contributed by atoms with E-state index in [-0.39, 0.29) is 17.3 Å². The molecule has 2 aliphatic rings. The van der Waals surface area contributed by atoms with Gasteiger partial charge in [-0.2, -0.15) is 0 Å². The standard InChI is InChI=1S/C26H44N4O6/c1-23(2,3)17(16(31)19(27)32)28-20(33)15-14-13(26(14,10)11)12-30(15)21(34)18(24(4,5)6)29-22(35)36-25(7,8)9/h13-15,17-18H,12H2,1-11H3,(H2,27,32)(H,28,33)(H,29,35)/t13-,14-,15?,17?,18?/m0/s1. The summed E-state index contributed by atoms with van der Waals surface area (Å²) < 4.78 is 5.37. The second kappa shape index (κ2) is 9.34. The highest BCUT2D eigenvalue weighted by molar-refractivity contribution is 6.38. The molecule has 36 heavy (non-hydrogen) atoms. The van der Waals surface area contributed by atoms with Gasteiger partial charge >= 0.3 is 6.09 Å². The lowest BCUT2D eigenvalue weighted by molar-refractivity contribution is -0.146. The molecule has 2 rings (SSSR count). The quantitative estimate of drug-likeness (QED) is 0.467. The van der Waals surface area contributed by atoms with Crippen LogP contribution in [-0.2, 0) is 23.9 Å². The number of hydrogen-bond acceptors (Lipinski definition) is 6. The Balaban J connectivity index is 2.37. The zero-order chi connectivity index (χ0) is 28.2. The van der Waals surface area contributed by atoms with Gasteiger partial charge in [-0.3, -0.25) is 19.2 Å². The fraction of sp³-hybridized carbons (Fsp3) is 0.808. The van der Waals surface area contributed by atoms with Gasteiger partial charge in [-0.05, 0) is 48.9 Å². The van der Waals surface area contributed by atoms with Crippen LogP contribution in [0.1, 0.15) is 76.2 Å². The number of ketones is 1. The molecule has 1 aliphatic carbocycles. The molecule has 0 radical (unpaired) electrons. The molecule has 0 spiro atoms. The molecule has 0 aromatic heterocycles.